The predicted molar refractivity (Wildman–Crippen MR) is 84.6 cm³/mol. The molecule has 0 saturated heterocycles. The Bertz CT molecular complexity index is 405. The molecule has 0 aliphatic heterocycles. The van der Waals surface area contributed by atoms with E-state index in [9.17, 15) is 4.79 Å². The SMILES string of the molecule is CC(S)NCCCCOc1ccc(C(=O)C(C)C)nc1. The summed E-state index contributed by atoms with van der Waals surface area (Å²) in [4.78, 5) is 15.9. The van der Waals surface area contributed by atoms with Crippen LogP contribution in [-0.2, 0) is 0 Å². The van der Waals surface area contributed by atoms with Crippen molar-refractivity contribution >= 4 is 18.4 Å². The highest BCUT2D eigenvalue weighted by Gasteiger charge is 2.11. The number of ketones is 1. The first-order valence-electron chi connectivity index (χ1n) is 7.05. The zero-order valence-corrected chi connectivity index (χ0v) is 13.3. The van der Waals surface area contributed by atoms with Crippen molar-refractivity contribution in [3.63, 3.8) is 0 Å². The first-order valence-corrected chi connectivity index (χ1v) is 7.57. The third kappa shape index (κ3) is 6.39. The van der Waals surface area contributed by atoms with Gasteiger partial charge in [-0.25, -0.2) is 4.98 Å². The Kier molecular flexibility index (Phi) is 7.62. The molecule has 0 spiro atoms. The first-order chi connectivity index (χ1) is 9.50. The van der Waals surface area contributed by atoms with Crippen LogP contribution in [0.2, 0.25) is 0 Å². The Hall–Kier alpha value is -1.07. The quantitative estimate of drug-likeness (QED) is 0.318. The number of pyridine rings is 1. The average molecular weight is 296 g/mol. The Morgan fingerprint density at radius 3 is 2.65 bits per heavy atom. The lowest BCUT2D eigenvalue weighted by atomic mass is 10.1. The van der Waals surface area contributed by atoms with Gasteiger partial charge in [-0.2, -0.15) is 12.6 Å². The summed E-state index contributed by atoms with van der Waals surface area (Å²) in [7, 11) is 0. The lowest BCUT2D eigenvalue weighted by Crippen LogP contribution is -2.22. The highest BCUT2D eigenvalue weighted by Crippen LogP contribution is 2.12. The molecule has 1 rings (SSSR count). The standard InChI is InChI=1S/C15H24N2O2S/c1-11(2)15(18)14-7-6-13(10-17-14)19-9-5-4-8-16-12(3)20/h6-7,10-12,16,20H,4-5,8-9H2,1-3H3. The van der Waals surface area contributed by atoms with Gasteiger partial charge in [0.2, 0.25) is 0 Å². The summed E-state index contributed by atoms with van der Waals surface area (Å²) < 4.78 is 5.59. The summed E-state index contributed by atoms with van der Waals surface area (Å²) in [5.41, 5.74) is 0.499. The molecule has 1 N–H and O–H groups in total. The number of Topliss-reactive ketones (excluding diaryl/α,β-unsaturated/α-hetero) is 1. The van der Waals surface area contributed by atoms with E-state index in [0.717, 1.165) is 19.4 Å². The maximum absolute atomic E-state index is 11.7. The van der Waals surface area contributed by atoms with Gasteiger partial charge in [0, 0.05) is 11.3 Å². The molecule has 1 atom stereocenters. The molecule has 0 fully saturated rings. The molecule has 0 bridgehead atoms. The van der Waals surface area contributed by atoms with Crippen LogP contribution in [0.5, 0.6) is 5.75 Å². The summed E-state index contributed by atoms with van der Waals surface area (Å²) >= 11 is 4.24. The predicted octanol–water partition coefficient (Wildman–Crippen LogP) is 2.94. The van der Waals surface area contributed by atoms with E-state index in [4.69, 9.17) is 4.74 Å². The lowest BCUT2D eigenvalue weighted by molar-refractivity contribution is 0.0934. The minimum absolute atomic E-state index is 0.0315. The molecule has 0 aliphatic carbocycles. The van der Waals surface area contributed by atoms with Crippen molar-refractivity contribution in [2.24, 2.45) is 5.92 Å². The van der Waals surface area contributed by atoms with Crippen LogP contribution in [0.25, 0.3) is 0 Å². The number of carbonyl (C=O) groups excluding carboxylic acids is 1. The van der Waals surface area contributed by atoms with Gasteiger partial charge < -0.3 is 10.1 Å². The zero-order valence-electron chi connectivity index (χ0n) is 12.4. The van der Waals surface area contributed by atoms with E-state index in [2.05, 4.69) is 22.9 Å². The molecule has 1 heterocycles. The van der Waals surface area contributed by atoms with Gasteiger partial charge in [-0.1, -0.05) is 13.8 Å². The third-order valence-corrected chi connectivity index (χ3v) is 2.98. The molecule has 0 saturated carbocycles. The molecular weight excluding hydrogens is 272 g/mol. The maximum atomic E-state index is 11.7. The van der Waals surface area contributed by atoms with Crippen LogP contribution < -0.4 is 10.1 Å². The number of hydrogen-bond donors (Lipinski definition) is 2. The number of rotatable bonds is 9. The van der Waals surface area contributed by atoms with Gasteiger partial charge in [-0.05, 0) is 38.4 Å². The van der Waals surface area contributed by atoms with E-state index in [1.165, 1.54) is 0 Å². The van der Waals surface area contributed by atoms with Crippen LogP contribution in [0.3, 0.4) is 0 Å². The summed E-state index contributed by atoms with van der Waals surface area (Å²) in [6, 6.07) is 3.53. The summed E-state index contributed by atoms with van der Waals surface area (Å²) in [5, 5.41) is 3.46. The zero-order chi connectivity index (χ0) is 15.0. The van der Waals surface area contributed by atoms with Crippen molar-refractivity contribution < 1.29 is 9.53 Å². The van der Waals surface area contributed by atoms with Gasteiger partial charge in [-0.3, -0.25) is 4.79 Å². The fourth-order valence-electron chi connectivity index (χ4n) is 1.64. The largest absolute Gasteiger partial charge is 0.492 e. The van der Waals surface area contributed by atoms with Crippen molar-refractivity contribution in [1.82, 2.24) is 10.3 Å². The fourth-order valence-corrected chi connectivity index (χ4v) is 1.76. The number of nitrogens with zero attached hydrogens (tertiary/aromatic N) is 1. The smallest absolute Gasteiger partial charge is 0.183 e. The van der Waals surface area contributed by atoms with Crippen molar-refractivity contribution in [3.05, 3.63) is 24.0 Å². The van der Waals surface area contributed by atoms with Crippen LogP contribution in [0.15, 0.2) is 18.3 Å². The minimum atomic E-state index is -0.0315. The second-order valence-electron chi connectivity index (χ2n) is 5.08. The summed E-state index contributed by atoms with van der Waals surface area (Å²) in [6.07, 6.45) is 3.63. The second kappa shape index (κ2) is 8.97. The monoisotopic (exact) mass is 296 g/mol. The highest BCUT2D eigenvalue weighted by atomic mass is 32.1. The van der Waals surface area contributed by atoms with Crippen molar-refractivity contribution in [2.45, 2.75) is 39.0 Å². The van der Waals surface area contributed by atoms with Gasteiger partial charge in [-0.15, -0.1) is 0 Å². The van der Waals surface area contributed by atoms with Crippen molar-refractivity contribution in [1.29, 1.82) is 0 Å². The lowest BCUT2D eigenvalue weighted by Gasteiger charge is -2.09. The Labute approximate surface area is 126 Å². The van der Waals surface area contributed by atoms with Crippen LogP contribution in [0.1, 0.15) is 44.1 Å². The van der Waals surface area contributed by atoms with Gasteiger partial charge in [0.05, 0.1) is 12.8 Å². The van der Waals surface area contributed by atoms with Gasteiger partial charge in [0.1, 0.15) is 11.4 Å². The second-order valence-corrected chi connectivity index (χ2v) is 5.86. The van der Waals surface area contributed by atoms with E-state index in [0.29, 0.717) is 18.1 Å². The first kappa shape index (κ1) is 17.0. The van der Waals surface area contributed by atoms with E-state index >= 15 is 0 Å². The molecule has 1 unspecified atom stereocenters. The van der Waals surface area contributed by atoms with Crippen LogP contribution in [-0.4, -0.2) is 29.3 Å². The van der Waals surface area contributed by atoms with Crippen LogP contribution >= 0.6 is 12.6 Å². The Balaban J connectivity index is 2.27. The average Bonchev–Trinajstić information content (AvgIpc) is 2.42. The number of hydrogen-bond acceptors (Lipinski definition) is 5. The number of nitrogens with one attached hydrogen (secondary N) is 1. The fraction of sp³-hybridized carbons (Fsp3) is 0.600. The molecule has 0 amide bonds. The van der Waals surface area contributed by atoms with E-state index in [1.54, 1.807) is 18.3 Å². The molecule has 5 heteroatoms. The third-order valence-electron chi connectivity index (χ3n) is 2.79. The molecule has 0 radical (unpaired) electrons. The number of thiol groups is 1. The van der Waals surface area contributed by atoms with E-state index in [-0.39, 0.29) is 17.1 Å². The Morgan fingerprint density at radius 1 is 1.35 bits per heavy atom. The van der Waals surface area contributed by atoms with Gasteiger partial charge in [0.25, 0.3) is 0 Å². The maximum Gasteiger partial charge on any atom is 0.183 e. The van der Waals surface area contributed by atoms with Crippen molar-refractivity contribution in [2.75, 3.05) is 13.2 Å². The summed E-state index contributed by atoms with van der Waals surface area (Å²) in [6.45, 7) is 7.34. The van der Waals surface area contributed by atoms with Gasteiger partial charge in [0.15, 0.2) is 5.78 Å². The molecule has 0 aliphatic rings. The van der Waals surface area contributed by atoms with Crippen molar-refractivity contribution in [3.8, 4) is 5.75 Å². The van der Waals surface area contributed by atoms with E-state index in [1.807, 2.05) is 20.8 Å². The molecular formula is C15H24N2O2S. The molecule has 112 valence electrons. The van der Waals surface area contributed by atoms with Crippen LogP contribution in [0, 0.1) is 5.92 Å². The Morgan fingerprint density at radius 2 is 2.10 bits per heavy atom. The molecule has 1 aromatic rings. The minimum Gasteiger partial charge on any atom is -0.492 e. The number of unbranched alkanes of at least 4 members (excludes halogenated alkanes) is 1. The molecule has 20 heavy (non-hydrogen) atoms. The number of carbonyl (C=O) groups is 1. The highest BCUT2D eigenvalue weighted by molar-refractivity contribution is 7.80. The number of ether oxygens (including phenoxy) is 1. The molecule has 1 aromatic heterocycles. The van der Waals surface area contributed by atoms with Crippen LogP contribution in [0.4, 0.5) is 0 Å². The van der Waals surface area contributed by atoms with Gasteiger partial charge >= 0.3 is 0 Å². The normalized spacial score (nSPS) is 12.4. The summed E-state index contributed by atoms with van der Waals surface area (Å²) in [5.74, 6) is 0.736. The molecule has 0 aromatic carbocycles. The molecule has 4 nitrogen and oxygen atoms in total. The number of aromatic nitrogens is 1. The topological polar surface area (TPSA) is 51.2 Å². The van der Waals surface area contributed by atoms with E-state index < -0.39 is 0 Å².